The lowest BCUT2D eigenvalue weighted by atomic mass is 10.2. The van der Waals surface area contributed by atoms with E-state index in [1.165, 1.54) is 18.5 Å². The summed E-state index contributed by atoms with van der Waals surface area (Å²) in [6.07, 6.45) is -3.04. The Balaban J connectivity index is 1.61. The van der Waals surface area contributed by atoms with Crippen LogP contribution in [-0.4, -0.2) is 27.0 Å². The zero-order chi connectivity index (χ0) is 20.0. The predicted octanol–water partition coefficient (Wildman–Crippen LogP) is 4.25. The Morgan fingerprint density at radius 3 is 2.18 bits per heavy atom. The average Bonchev–Trinajstić information content (AvgIpc) is 2.63. The first kappa shape index (κ1) is 19.1. The molecule has 3 N–H and O–H groups in total. The van der Waals surface area contributed by atoms with E-state index in [2.05, 4.69) is 30.9 Å². The van der Waals surface area contributed by atoms with E-state index in [1.54, 1.807) is 36.5 Å². The molecule has 0 spiro atoms. The highest BCUT2D eigenvalue weighted by atomic mass is 19.4. The van der Waals surface area contributed by atoms with Crippen LogP contribution in [-0.2, 0) is 4.79 Å². The quantitative estimate of drug-likeness (QED) is 0.585. The molecule has 3 rings (SSSR count). The van der Waals surface area contributed by atoms with Gasteiger partial charge in [0.05, 0.1) is 0 Å². The summed E-state index contributed by atoms with van der Waals surface area (Å²) in [6.45, 7) is 0. The van der Waals surface area contributed by atoms with Crippen molar-refractivity contribution in [3.8, 4) is 0 Å². The summed E-state index contributed by atoms with van der Waals surface area (Å²) in [6, 6.07) is 13.3. The number of carbonyl (C=O) groups is 1. The summed E-state index contributed by atoms with van der Waals surface area (Å²) < 4.78 is 36.6. The zero-order valence-corrected chi connectivity index (χ0v) is 14.4. The molecule has 0 bridgehead atoms. The van der Waals surface area contributed by atoms with E-state index in [0.717, 1.165) is 0 Å². The monoisotopic (exact) mass is 388 g/mol. The molecular weight excluding hydrogens is 373 g/mol. The van der Waals surface area contributed by atoms with Crippen LogP contribution in [0.25, 0.3) is 0 Å². The van der Waals surface area contributed by atoms with Crippen LogP contribution in [0.3, 0.4) is 0 Å². The molecule has 1 amide bonds. The number of rotatable bonds is 6. The fraction of sp³-hybridized carbons (Fsp3) is 0.111. The van der Waals surface area contributed by atoms with Crippen LogP contribution < -0.4 is 16.0 Å². The highest BCUT2D eigenvalue weighted by molar-refractivity contribution is 5.91. The number of carbonyl (C=O) groups excluding carboxylic acids is 1. The number of hydrogen-bond donors (Lipinski definition) is 3. The number of nitrogens with zero attached hydrogens (tertiary/aromatic N) is 3. The van der Waals surface area contributed by atoms with E-state index in [9.17, 15) is 18.0 Å². The van der Waals surface area contributed by atoms with Crippen molar-refractivity contribution in [3.05, 3.63) is 61.1 Å². The number of benzene rings is 1. The summed E-state index contributed by atoms with van der Waals surface area (Å²) in [5.74, 6) is 0.551. The van der Waals surface area contributed by atoms with Gasteiger partial charge in [-0.1, -0.05) is 6.07 Å². The van der Waals surface area contributed by atoms with E-state index >= 15 is 0 Å². The Kier molecular flexibility index (Phi) is 5.68. The van der Waals surface area contributed by atoms with Crippen LogP contribution in [0, 0.1) is 0 Å². The van der Waals surface area contributed by atoms with Gasteiger partial charge in [-0.05, 0) is 36.4 Å². The summed E-state index contributed by atoms with van der Waals surface area (Å²) in [5, 5.41) is 8.28. The van der Waals surface area contributed by atoms with Crippen molar-refractivity contribution < 1.29 is 18.0 Å². The first-order chi connectivity index (χ1) is 13.4. The van der Waals surface area contributed by atoms with Gasteiger partial charge in [0.15, 0.2) is 0 Å². The molecule has 0 aliphatic rings. The number of pyridine rings is 1. The van der Waals surface area contributed by atoms with E-state index in [0.29, 0.717) is 23.1 Å². The summed E-state index contributed by atoms with van der Waals surface area (Å²) in [4.78, 5) is 23.7. The van der Waals surface area contributed by atoms with E-state index in [4.69, 9.17) is 0 Å². The maximum absolute atomic E-state index is 12.2. The molecule has 0 unspecified atom stereocenters. The minimum atomic E-state index is -4.54. The SMILES string of the molecule is O=C(CC(F)(F)F)Nc1ccc(Nc2cc(Nc3ccccn3)ncn2)cc1. The highest BCUT2D eigenvalue weighted by Crippen LogP contribution is 2.22. The van der Waals surface area contributed by atoms with Crippen molar-refractivity contribution in [3.63, 3.8) is 0 Å². The number of anilines is 5. The second-order valence-corrected chi connectivity index (χ2v) is 5.67. The van der Waals surface area contributed by atoms with Crippen molar-refractivity contribution in [1.29, 1.82) is 0 Å². The predicted molar refractivity (Wildman–Crippen MR) is 98.6 cm³/mol. The number of hydrogen-bond acceptors (Lipinski definition) is 6. The number of aromatic nitrogens is 3. The van der Waals surface area contributed by atoms with Crippen molar-refractivity contribution in [2.75, 3.05) is 16.0 Å². The molecule has 0 aliphatic heterocycles. The third-order valence-corrected chi connectivity index (χ3v) is 3.39. The van der Waals surface area contributed by atoms with Crippen LogP contribution in [0.15, 0.2) is 61.1 Å². The van der Waals surface area contributed by atoms with Crippen molar-refractivity contribution in [2.24, 2.45) is 0 Å². The molecule has 0 saturated carbocycles. The van der Waals surface area contributed by atoms with E-state index < -0.39 is 18.5 Å². The van der Waals surface area contributed by atoms with Gasteiger partial charge >= 0.3 is 6.18 Å². The van der Waals surface area contributed by atoms with E-state index in [1.807, 2.05) is 6.07 Å². The van der Waals surface area contributed by atoms with Crippen molar-refractivity contribution in [1.82, 2.24) is 15.0 Å². The third kappa shape index (κ3) is 5.94. The van der Waals surface area contributed by atoms with E-state index in [-0.39, 0.29) is 5.69 Å². The summed E-state index contributed by atoms with van der Waals surface area (Å²) in [7, 11) is 0. The Morgan fingerprint density at radius 1 is 0.857 bits per heavy atom. The summed E-state index contributed by atoms with van der Waals surface area (Å²) >= 11 is 0. The maximum Gasteiger partial charge on any atom is 0.397 e. The molecule has 7 nitrogen and oxygen atoms in total. The number of alkyl halides is 3. The molecule has 2 heterocycles. The van der Waals surface area contributed by atoms with Crippen molar-refractivity contribution in [2.45, 2.75) is 12.6 Å². The lowest BCUT2D eigenvalue weighted by Gasteiger charge is -2.10. The lowest BCUT2D eigenvalue weighted by molar-refractivity contribution is -0.150. The molecule has 1 aromatic carbocycles. The second-order valence-electron chi connectivity index (χ2n) is 5.67. The lowest BCUT2D eigenvalue weighted by Crippen LogP contribution is -2.21. The number of nitrogens with one attached hydrogen (secondary N) is 3. The van der Waals surface area contributed by atoms with Crippen LogP contribution in [0.2, 0.25) is 0 Å². The van der Waals surface area contributed by atoms with Crippen LogP contribution in [0.4, 0.5) is 42.0 Å². The van der Waals surface area contributed by atoms with Crippen molar-refractivity contribution >= 4 is 34.7 Å². The Morgan fingerprint density at radius 2 is 1.54 bits per heavy atom. The first-order valence-electron chi connectivity index (χ1n) is 8.11. The fourth-order valence-corrected chi connectivity index (χ4v) is 2.23. The Bertz CT molecular complexity index is 932. The molecular formula is C18H15F3N6O. The van der Waals surface area contributed by atoms with Gasteiger partial charge in [-0.2, -0.15) is 13.2 Å². The molecule has 0 aliphatic carbocycles. The molecule has 0 fully saturated rings. The van der Waals surface area contributed by atoms with Gasteiger partial charge in [-0.25, -0.2) is 15.0 Å². The molecule has 2 aromatic heterocycles. The minimum absolute atomic E-state index is 0.264. The van der Waals surface area contributed by atoms with Crippen LogP contribution >= 0.6 is 0 Å². The number of amides is 1. The van der Waals surface area contributed by atoms with Gasteiger partial charge in [0.25, 0.3) is 0 Å². The molecule has 0 atom stereocenters. The Hall–Kier alpha value is -3.69. The van der Waals surface area contributed by atoms with Crippen LogP contribution in [0.1, 0.15) is 6.42 Å². The van der Waals surface area contributed by atoms with Gasteiger partial charge in [0.1, 0.15) is 30.2 Å². The number of halogens is 3. The van der Waals surface area contributed by atoms with Gasteiger partial charge in [0, 0.05) is 23.6 Å². The molecule has 0 saturated heterocycles. The third-order valence-electron chi connectivity index (χ3n) is 3.39. The topological polar surface area (TPSA) is 91.8 Å². The van der Waals surface area contributed by atoms with Crippen LogP contribution in [0.5, 0.6) is 0 Å². The van der Waals surface area contributed by atoms with Gasteiger partial charge in [-0.3, -0.25) is 4.79 Å². The Labute approximate surface area is 158 Å². The molecule has 144 valence electrons. The maximum atomic E-state index is 12.2. The molecule has 0 radical (unpaired) electrons. The fourth-order valence-electron chi connectivity index (χ4n) is 2.23. The summed E-state index contributed by atoms with van der Waals surface area (Å²) in [5.41, 5.74) is 0.899. The average molecular weight is 388 g/mol. The van der Waals surface area contributed by atoms with Gasteiger partial charge < -0.3 is 16.0 Å². The normalized spacial score (nSPS) is 11.0. The smallest absolute Gasteiger partial charge is 0.340 e. The first-order valence-corrected chi connectivity index (χ1v) is 8.11. The van der Waals surface area contributed by atoms with Gasteiger partial charge in [0.2, 0.25) is 5.91 Å². The second kappa shape index (κ2) is 8.33. The van der Waals surface area contributed by atoms with Gasteiger partial charge in [-0.15, -0.1) is 0 Å². The molecule has 28 heavy (non-hydrogen) atoms. The standard InChI is InChI=1S/C18H15F3N6O/c19-18(20,21)10-17(28)26-13-6-4-12(5-7-13)25-15-9-16(24-11-23-15)27-14-3-1-2-8-22-14/h1-9,11H,10H2,(H,26,28)(H2,22,23,24,25,27). The zero-order valence-electron chi connectivity index (χ0n) is 14.4. The molecule has 3 aromatic rings. The molecule has 10 heteroatoms. The highest BCUT2D eigenvalue weighted by Gasteiger charge is 2.31. The minimum Gasteiger partial charge on any atom is -0.340 e. The largest absolute Gasteiger partial charge is 0.397 e.